The molecule has 1 heterocycles. The quantitative estimate of drug-likeness (QED) is 0.558. The Balaban J connectivity index is 1.53. The third-order valence-corrected chi connectivity index (χ3v) is 6.32. The third kappa shape index (κ3) is 5.97. The maximum absolute atomic E-state index is 12.4. The van der Waals surface area contributed by atoms with Crippen LogP contribution in [0, 0.1) is 0 Å². The molecule has 1 atom stereocenters. The Morgan fingerprint density at radius 3 is 2.53 bits per heavy atom. The maximum Gasteiger partial charge on any atom is 0.253 e. The minimum Gasteiger partial charge on any atom is -0.494 e. The Labute approximate surface area is 194 Å². The average molecular weight is 457 g/mol. The molecular weight excluding hydrogens is 424 g/mol. The lowest BCUT2D eigenvalue weighted by Gasteiger charge is -2.18. The number of amides is 2. The first-order chi connectivity index (χ1) is 15.4. The highest BCUT2D eigenvalue weighted by atomic mass is 32.2. The van der Waals surface area contributed by atoms with E-state index >= 15 is 0 Å². The molecule has 0 saturated carbocycles. The van der Waals surface area contributed by atoms with Gasteiger partial charge in [0.1, 0.15) is 17.6 Å². The molecule has 1 N–H and O–H groups in total. The zero-order chi connectivity index (χ0) is 23.1. The van der Waals surface area contributed by atoms with E-state index in [1.54, 1.807) is 29.2 Å². The normalized spacial score (nSPS) is 14.4. The molecule has 1 aliphatic rings. The third-order valence-electron chi connectivity index (χ3n) is 5.34. The van der Waals surface area contributed by atoms with Gasteiger partial charge < -0.3 is 19.7 Å². The first kappa shape index (κ1) is 24.0. The summed E-state index contributed by atoms with van der Waals surface area (Å²) in [5, 5.41) is 2.90. The summed E-state index contributed by atoms with van der Waals surface area (Å²) in [6, 6.07) is 11.2. The topological polar surface area (TPSA) is 67.9 Å². The number of rotatable bonds is 10. The molecule has 2 aromatic carbocycles. The molecule has 2 amide bonds. The van der Waals surface area contributed by atoms with E-state index in [4.69, 9.17) is 9.47 Å². The van der Waals surface area contributed by atoms with Crippen LogP contribution in [-0.4, -0.2) is 48.3 Å². The monoisotopic (exact) mass is 456 g/mol. The van der Waals surface area contributed by atoms with E-state index in [1.807, 2.05) is 26.8 Å². The number of carbonyl (C=O) groups is 2. The summed E-state index contributed by atoms with van der Waals surface area (Å²) in [6.45, 7) is 9.89. The summed E-state index contributed by atoms with van der Waals surface area (Å²) in [6.07, 6.45) is 1.08. The van der Waals surface area contributed by atoms with Gasteiger partial charge in [-0.2, -0.15) is 0 Å². The number of ether oxygens (including phenoxy) is 2. The highest BCUT2D eigenvalue weighted by Gasteiger charge is 2.22. The van der Waals surface area contributed by atoms with Crippen LogP contribution < -0.4 is 14.8 Å². The highest BCUT2D eigenvalue weighted by molar-refractivity contribution is 7.99. The van der Waals surface area contributed by atoms with E-state index < -0.39 is 0 Å². The predicted octanol–water partition coefficient (Wildman–Crippen LogP) is 4.76. The molecule has 0 aromatic heterocycles. The van der Waals surface area contributed by atoms with Crippen LogP contribution in [-0.2, 0) is 17.0 Å². The Kier molecular flexibility index (Phi) is 8.45. The summed E-state index contributed by atoms with van der Waals surface area (Å²) < 4.78 is 11.7. The van der Waals surface area contributed by atoms with Crippen LogP contribution >= 0.6 is 11.8 Å². The van der Waals surface area contributed by atoms with Gasteiger partial charge in [-0.15, -0.1) is 11.8 Å². The summed E-state index contributed by atoms with van der Waals surface area (Å²) >= 11 is 1.53. The van der Waals surface area contributed by atoms with Crippen LogP contribution in [0.3, 0.4) is 0 Å². The van der Waals surface area contributed by atoms with Gasteiger partial charge >= 0.3 is 0 Å². The predicted molar refractivity (Wildman–Crippen MR) is 130 cm³/mol. The maximum atomic E-state index is 12.4. The molecule has 0 fully saturated rings. The van der Waals surface area contributed by atoms with Gasteiger partial charge in [-0.1, -0.05) is 0 Å². The molecule has 0 aliphatic carbocycles. The zero-order valence-corrected chi connectivity index (χ0v) is 20.1. The van der Waals surface area contributed by atoms with Crippen molar-refractivity contribution in [1.82, 2.24) is 4.90 Å². The molecule has 32 heavy (non-hydrogen) atoms. The molecule has 0 radical (unpaired) electrons. The first-order valence-electron chi connectivity index (χ1n) is 11.2. The Morgan fingerprint density at radius 2 is 1.88 bits per heavy atom. The standard InChI is InChI=1S/C25H32N2O4S/c1-5-27(6-2)25(29)18-8-10-21(11-9-18)26-24(28)16-32-15-20-14-23-19(12-17(4)31-23)13-22(20)30-7-3/h8-11,13-14,17H,5-7,12,15-16H2,1-4H3,(H,26,28). The van der Waals surface area contributed by atoms with Gasteiger partial charge in [-0.25, -0.2) is 0 Å². The molecule has 172 valence electrons. The fraction of sp³-hybridized carbons (Fsp3) is 0.440. The number of nitrogens with one attached hydrogen (secondary N) is 1. The number of carbonyl (C=O) groups excluding carboxylic acids is 2. The van der Waals surface area contributed by atoms with Crippen molar-refractivity contribution < 1.29 is 19.1 Å². The Hall–Kier alpha value is -2.67. The molecule has 0 spiro atoms. The van der Waals surface area contributed by atoms with Crippen LogP contribution in [0.4, 0.5) is 5.69 Å². The number of anilines is 1. The number of hydrogen-bond donors (Lipinski definition) is 1. The van der Waals surface area contributed by atoms with Crippen molar-refractivity contribution in [2.75, 3.05) is 30.8 Å². The van der Waals surface area contributed by atoms with Crippen molar-refractivity contribution in [3.63, 3.8) is 0 Å². The van der Waals surface area contributed by atoms with Crippen molar-refractivity contribution in [1.29, 1.82) is 0 Å². The first-order valence-corrected chi connectivity index (χ1v) is 12.3. The molecule has 0 bridgehead atoms. The fourth-order valence-electron chi connectivity index (χ4n) is 3.72. The van der Waals surface area contributed by atoms with Crippen molar-refractivity contribution in [2.24, 2.45) is 0 Å². The second-order valence-corrected chi connectivity index (χ2v) is 8.71. The van der Waals surface area contributed by atoms with E-state index in [-0.39, 0.29) is 17.9 Å². The Bertz CT molecular complexity index is 942. The van der Waals surface area contributed by atoms with Crippen LogP contribution in [0.25, 0.3) is 0 Å². The Morgan fingerprint density at radius 1 is 1.16 bits per heavy atom. The van der Waals surface area contributed by atoms with Crippen molar-refractivity contribution in [3.05, 3.63) is 53.1 Å². The number of hydrogen-bond acceptors (Lipinski definition) is 5. The minimum absolute atomic E-state index is 0.00116. The van der Waals surface area contributed by atoms with E-state index in [0.717, 1.165) is 23.5 Å². The lowest BCUT2D eigenvalue weighted by molar-refractivity contribution is -0.113. The molecule has 1 unspecified atom stereocenters. The average Bonchev–Trinajstić information content (AvgIpc) is 3.14. The SMILES string of the molecule is CCOc1cc2c(cc1CSCC(=O)Nc1ccc(C(=O)N(CC)CC)cc1)OC(C)C2. The van der Waals surface area contributed by atoms with Gasteiger partial charge in [0.2, 0.25) is 5.91 Å². The number of fused-ring (bicyclic) bond motifs is 1. The fourth-order valence-corrected chi connectivity index (χ4v) is 4.53. The van der Waals surface area contributed by atoms with E-state index in [0.29, 0.717) is 42.5 Å². The van der Waals surface area contributed by atoms with Crippen LogP contribution in [0.5, 0.6) is 11.5 Å². The van der Waals surface area contributed by atoms with Gasteiger partial charge in [-0.3, -0.25) is 9.59 Å². The summed E-state index contributed by atoms with van der Waals surface area (Å²) in [5.74, 6) is 2.68. The lowest BCUT2D eigenvalue weighted by Crippen LogP contribution is -2.30. The van der Waals surface area contributed by atoms with Crippen molar-refractivity contribution >= 4 is 29.3 Å². The second-order valence-electron chi connectivity index (χ2n) is 7.73. The molecule has 2 aromatic rings. The van der Waals surface area contributed by atoms with Crippen LogP contribution in [0.2, 0.25) is 0 Å². The molecule has 6 nitrogen and oxygen atoms in total. The molecule has 0 saturated heterocycles. The summed E-state index contributed by atoms with van der Waals surface area (Å²) in [4.78, 5) is 26.6. The second kappa shape index (κ2) is 11.3. The summed E-state index contributed by atoms with van der Waals surface area (Å²) in [5.41, 5.74) is 3.52. The van der Waals surface area contributed by atoms with Crippen molar-refractivity contribution in [3.8, 4) is 11.5 Å². The van der Waals surface area contributed by atoms with Gasteiger partial charge in [0.25, 0.3) is 5.91 Å². The van der Waals surface area contributed by atoms with Gasteiger partial charge in [-0.05, 0) is 64.1 Å². The number of benzene rings is 2. The lowest BCUT2D eigenvalue weighted by atomic mass is 10.1. The smallest absolute Gasteiger partial charge is 0.253 e. The molecule has 3 rings (SSSR count). The zero-order valence-electron chi connectivity index (χ0n) is 19.3. The van der Waals surface area contributed by atoms with E-state index in [1.165, 1.54) is 17.3 Å². The van der Waals surface area contributed by atoms with Crippen LogP contribution in [0.15, 0.2) is 36.4 Å². The minimum atomic E-state index is -0.0817. The van der Waals surface area contributed by atoms with Gasteiger partial charge in [0.05, 0.1) is 12.4 Å². The van der Waals surface area contributed by atoms with E-state index in [2.05, 4.69) is 18.3 Å². The van der Waals surface area contributed by atoms with E-state index in [9.17, 15) is 9.59 Å². The van der Waals surface area contributed by atoms with Gasteiger partial charge in [0, 0.05) is 47.6 Å². The highest BCUT2D eigenvalue weighted by Crippen LogP contribution is 2.36. The molecule has 1 aliphatic heterocycles. The van der Waals surface area contributed by atoms with Crippen molar-refractivity contribution in [2.45, 2.75) is 46.0 Å². The number of nitrogens with zero attached hydrogens (tertiary/aromatic N) is 1. The molecular formula is C25H32N2O4S. The molecule has 7 heteroatoms. The number of thioether (sulfide) groups is 1. The van der Waals surface area contributed by atoms with Gasteiger partial charge in [0.15, 0.2) is 0 Å². The largest absolute Gasteiger partial charge is 0.494 e. The van der Waals surface area contributed by atoms with Crippen LogP contribution in [0.1, 0.15) is 49.2 Å². The summed E-state index contributed by atoms with van der Waals surface area (Å²) in [7, 11) is 0.